The highest BCUT2D eigenvalue weighted by molar-refractivity contribution is 5.78. The first-order valence-corrected chi connectivity index (χ1v) is 10.9. The van der Waals surface area contributed by atoms with Crippen molar-refractivity contribution in [2.45, 2.75) is 64.0 Å². The van der Waals surface area contributed by atoms with Crippen molar-refractivity contribution >= 4 is 16.9 Å². The minimum Gasteiger partial charge on any atom is -0.348 e. The number of likely N-dealkylation sites (tertiary alicyclic amines) is 1. The number of nitrogens with zero attached hydrogens (tertiary/aromatic N) is 5. The Hall–Kier alpha value is -2.22. The summed E-state index contributed by atoms with van der Waals surface area (Å²) >= 11 is 0. The van der Waals surface area contributed by atoms with Crippen molar-refractivity contribution in [2.75, 3.05) is 19.6 Å². The van der Waals surface area contributed by atoms with Gasteiger partial charge in [0.2, 0.25) is 5.91 Å². The van der Waals surface area contributed by atoms with E-state index >= 15 is 0 Å². The number of carbonyl (C=O) groups is 1. The smallest absolute Gasteiger partial charge is 0.264 e. The van der Waals surface area contributed by atoms with Crippen LogP contribution < -0.4 is 10.9 Å². The zero-order valence-electron chi connectivity index (χ0n) is 17.6. The summed E-state index contributed by atoms with van der Waals surface area (Å²) in [6, 6.07) is 0. The molecule has 1 aliphatic carbocycles. The number of aromatic nitrogens is 4. The van der Waals surface area contributed by atoms with Gasteiger partial charge in [-0.15, -0.1) is 0 Å². The van der Waals surface area contributed by atoms with Crippen LogP contribution in [0.25, 0.3) is 11.0 Å². The van der Waals surface area contributed by atoms with E-state index in [0.29, 0.717) is 11.0 Å². The maximum Gasteiger partial charge on any atom is 0.264 e. The Kier molecular flexibility index (Phi) is 5.72. The average molecular weight is 401 g/mol. The van der Waals surface area contributed by atoms with Gasteiger partial charge in [-0.05, 0) is 44.7 Å². The molecular formula is C21H32N6O2. The average Bonchev–Trinajstić information content (AvgIpc) is 3.08. The Labute approximate surface area is 171 Å². The van der Waals surface area contributed by atoms with Crippen LogP contribution in [0.15, 0.2) is 17.3 Å². The molecule has 0 atom stereocenters. The number of carbonyl (C=O) groups excluding carboxylic acids is 1. The van der Waals surface area contributed by atoms with Crippen molar-refractivity contribution in [3.05, 3.63) is 22.9 Å². The number of nitrogens with one attached hydrogen (secondary N) is 1. The third-order valence-corrected chi connectivity index (χ3v) is 6.65. The summed E-state index contributed by atoms with van der Waals surface area (Å²) in [5.74, 6) is 0.689. The normalized spacial score (nSPS) is 20.8. The third kappa shape index (κ3) is 4.37. The van der Waals surface area contributed by atoms with Gasteiger partial charge >= 0.3 is 0 Å². The summed E-state index contributed by atoms with van der Waals surface area (Å²) < 4.78 is 2.95. The van der Waals surface area contributed by atoms with Crippen LogP contribution in [0, 0.1) is 5.92 Å². The Morgan fingerprint density at radius 2 is 1.97 bits per heavy atom. The highest BCUT2D eigenvalue weighted by Gasteiger charge is 2.36. The monoisotopic (exact) mass is 400 g/mol. The van der Waals surface area contributed by atoms with E-state index in [0.717, 1.165) is 51.2 Å². The lowest BCUT2D eigenvalue weighted by Gasteiger charge is -2.43. The van der Waals surface area contributed by atoms with Crippen LogP contribution in [-0.2, 0) is 18.4 Å². The van der Waals surface area contributed by atoms with Gasteiger partial charge in [0.05, 0.1) is 11.7 Å². The van der Waals surface area contributed by atoms with Crippen LogP contribution in [-0.4, -0.2) is 55.3 Å². The molecule has 2 fully saturated rings. The highest BCUT2D eigenvalue weighted by Crippen LogP contribution is 2.30. The first-order chi connectivity index (χ1) is 14.0. The van der Waals surface area contributed by atoms with E-state index in [4.69, 9.17) is 0 Å². The summed E-state index contributed by atoms with van der Waals surface area (Å²) in [4.78, 5) is 32.4. The zero-order valence-corrected chi connectivity index (χ0v) is 17.6. The molecule has 1 saturated heterocycles. The fourth-order valence-electron chi connectivity index (χ4n) is 4.87. The third-order valence-electron chi connectivity index (χ3n) is 6.65. The van der Waals surface area contributed by atoms with Gasteiger partial charge in [-0.3, -0.25) is 18.8 Å². The maximum absolute atomic E-state index is 12.9. The van der Waals surface area contributed by atoms with Gasteiger partial charge in [0.25, 0.3) is 5.56 Å². The number of piperidine rings is 1. The molecule has 1 aliphatic heterocycles. The summed E-state index contributed by atoms with van der Waals surface area (Å²) in [7, 11) is 1.75. The molecule has 2 aromatic heterocycles. The van der Waals surface area contributed by atoms with Crippen molar-refractivity contribution in [2.24, 2.45) is 13.0 Å². The second-order valence-corrected chi connectivity index (χ2v) is 9.03. The number of amides is 1. The van der Waals surface area contributed by atoms with E-state index in [-0.39, 0.29) is 23.6 Å². The molecule has 0 radical (unpaired) electrons. The fourth-order valence-corrected chi connectivity index (χ4v) is 4.87. The van der Waals surface area contributed by atoms with Gasteiger partial charge in [0.1, 0.15) is 18.3 Å². The van der Waals surface area contributed by atoms with E-state index < -0.39 is 0 Å². The zero-order chi connectivity index (χ0) is 20.4. The molecule has 0 bridgehead atoms. The minimum atomic E-state index is -0.221. The highest BCUT2D eigenvalue weighted by atomic mass is 16.2. The van der Waals surface area contributed by atoms with Gasteiger partial charge in [0.15, 0.2) is 5.65 Å². The molecule has 158 valence electrons. The number of hydrogen-bond acceptors (Lipinski definition) is 5. The van der Waals surface area contributed by atoms with Crippen molar-refractivity contribution in [3.8, 4) is 0 Å². The Bertz CT molecular complexity index is 919. The molecular weight excluding hydrogens is 368 g/mol. The molecule has 2 aliphatic rings. The fraction of sp³-hybridized carbons (Fsp3) is 0.714. The van der Waals surface area contributed by atoms with Crippen molar-refractivity contribution in [1.82, 2.24) is 29.5 Å². The lowest BCUT2D eigenvalue weighted by atomic mass is 9.80. The lowest BCUT2D eigenvalue weighted by molar-refractivity contribution is -0.124. The van der Waals surface area contributed by atoms with E-state index in [1.54, 1.807) is 11.7 Å². The van der Waals surface area contributed by atoms with Crippen molar-refractivity contribution < 1.29 is 4.79 Å². The Balaban J connectivity index is 1.47. The Morgan fingerprint density at radius 3 is 2.69 bits per heavy atom. The topological polar surface area (TPSA) is 85.1 Å². The van der Waals surface area contributed by atoms with E-state index in [1.807, 2.05) is 0 Å². The number of fused-ring (bicyclic) bond motifs is 1. The second kappa shape index (κ2) is 8.26. The first-order valence-electron chi connectivity index (χ1n) is 10.9. The molecule has 29 heavy (non-hydrogen) atoms. The van der Waals surface area contributed by atoms with Gasteiger partial charge < -0.3 is 10.2 Å². The summed E-state index contributed by atoms with van der Waals surface area (Å²) in [5.41, 5.74) is 0.140. The van der Waals surface area contributed by atoms with Gasteiger partial charge in [-0.2, -0.15) is 5.10 Å². The van der Waals surface area contributed by atoms with Crippen molar-refractivity contribution in [1.29, 1.82) is 0 Å². The molecule has 0 spiro atoms. The largest absolute Gasteiger partial charge is 0.348 e. The molecule has 3 heterocycles. The molecule has 1 amide bonds. The van der Waals surface area contributed by atoms with E-state index in [1.165, 1.54) is 36.4 Å². The van der Waals surface area contributed by atoms with Gasteiger partial charge in [0, 0.05) is 13.6 Å². The van der Waals surface area contributed by atoms with Crippen LogP contribution in [0.4, 0.5) is 0 Å². The lowest BCUT2D eigenvalue weighted by Crippen LogP contribution is -2.58. The predicted octanol–water partition coefficient (Wildman–Crippen LogP) is 1.68. The van der Waals surface area contributed by atoms with Gasteiger partial charge in [-0.1, -0.05) is 26.2 Å². The Morgan fingerprint density at radius 1 is 1.24 bits per heavy atom. The molecule has 4 rings (SSSR count). The van der Waals surface area contributed by atoms with E-state index in [9.17, 15) is 9.59 Å². The quantitative estimate of drug-likeness (QED) is 0.825. The summed E-state index contributed by atoms with van der Waals surface area (Å²) in [5, 5.41) is 7.86. The van der Waals surface area contributed by atoms with Crippen LogP contribution in [0.5, 0.6) is 0 Å². The SMILES string of the molecule is CC1CCN(CC2(NC(=O)Cn3cnc4c(cnn4C)c3=O)CCCCC2)CC1. The first kappa shape index (κ1) is 20.1. The van der Waals surface area contributed by atoms with Crippen LogP contribution in [0.3, 0.4) is 0 Å². The maximum atomic E-state index is 12.9. The second-order valence-electron chi connectivity index (χ2n) is 9.03. The molecule has 8 nitrogen and oxygen atoms in total. The van der Waals surface area contributed by atoms with Gasteiger partial charge in [-0.25, -0.2) is 4.98 Å². The molecule has 1 N–H and O–H groups in total. The van der Waals surface area contributed by atoms with E-state index in [2.05, 4.69) is 27.2 Å². The van der Waals surface area contributed by atoms with Crippen LogP contribution in [0.1, 0.15) is 51.9 Å². The summed E-state index contributed by atoms with van der Waals surface area (Å²) in [6.07, 6.45) is 11.0. The molecule has 0 unspecified atom stereocenters. The molecule has 0 aromatic carbocycles. The summed E-state index contributed by atoms with van der Waals surface area (Å²) in [6.45, 7) is 5.45. The molecule has 2 aromatic rings. The van der Waals surface area contributed by atoms with Crippen LogP contribution in [0.2, 0.25) is 0 Å². The molecule has 8 heteroatoms. The minimum absolute atomic E-state index is 0.00451. The molecule has 1 saturated carbocycles. The predicted molar refractivity (Wildman–Crippen MR) is 112 cm³/mol. The number of aryl methyl sites for hydroxylation is 1. The number of hydrogen-bond donors (Lipinski definition) is 1. The van der Waals surface area contributed by atoms with Crippen LogP contribution >= 0.6 is 0 Å². The standard InChI is InChI=1S/C21H32N6O2/c1-16-6-10-26(11-7-16)14-21(8-4-3-5-9-21)24-18(28)13-27-15-22-19-17(20(27)29)12-23-25(19)2/h12,15-16H,3-11,13-14H2,1-2H3,(H,24,28). The van der Waals surface area contributed by atoms with Crippen molar-refractivity contribution in [3.63, 3.8) is 0 Å². The number of rotatable bonds is 5.